The Bertz CT molecular complexity index is 865. The average molecular weight is 344 g/mol. The molecule has 3 rings (SSSR count). The lowest BCUT2D eigenvalue weighted by molar-refractivity contribution is 0.0940. The van der Waals surface area contributed by atoms with Gasteiger partial charge in [0.15, 0.2) is 0 Å². The van der Waals surface area contributed by atoms with Crippen molar-refractivity contribution < 1.29 is 4.79 Å². The van der Waals surface area contributed by atoms with Crippen LogP contribution in [0.25, 0.3) is 5.69 Å². The van der Waals surface area contributed by atoms with Crippen LogP contribution in [0, 0.1) is 6.92 Å². The van der Waals surface area contributed by atoms with Crippen LogP contribution in [0.15, 0.2) is 42.9 Å². The Morgan fingerprint density at radius 3 is 2.54 bits per heavy atom. The molecule has 0 saturated heterocycles. The summed E-state index contributed by atoms with van der Waals surface area (Å²) >= 11 is 5.88. The van der Waals surface area contributed by atoms with Crippen molar-refractivity contribution in [1.82, 2.24) is 24.9 Å². The fourth-order valence-corrected chi connectivity index (χ4v) is 2.60. The van der Waals surface area contributed by atoms with Crippen LogP contribution in [0.5, 0.6) is 0 Å². The van der Waals surface area contributed by atoms with Crippen LogP contribution >= 0.6 is 11.6 Å². The molecule has 0 aliphatic carbocycles. The van der Waals surface area contributed by atoms with E-state index in [9.17, 15) is 4.79 Å². The van der Waals surface area contributed by atoms with Crippen LogP contribution in [-0.2, 0) is 7.05 Å². The van der Waals surface area contributed by atoms with Crippen LogP contribution in [0.4, 0.5) is 0 Å². The Hall–Kier alpha value is -2.60. The van der Waals surface area contributed by atoms with Gasteiger partial charge in [-0.15, -0.1) is 0 Å². The number of hydrogen-bond acceptors (Lipinski definition) is 3. The molecule has 0 bridgehead atoms. The maximum absolute atomic E-state index is 12.4. The summed E-state index contributed by atoms with van der Waals surface area (Å²) in [6, 6.07) is 7.12. The van der Waals surface area contributed by atoms with Crippen molar-refractivity contribution in [2.24, 2.45) is 7.05 Å². The largest absolute Gasteiger partial charge is 0.345 e. The lowest BCUT2D eigenvalue weighted by atomic mass is 10.1. The Morgan fingerprint density at radius 2 is 1.92 bits per heavy atom. The van der Waals surface area contributed by atoms with Crippen LogP contribution < -0.4 is 5.32 Å². The molecule has 0 spiro atoms. The lowest BCUT2D eigenvalue weighted by Gasteiger charge is -2.12. The van der Waals surface area contributed by atoms with Gasteiger partial charge in [0.2, 0.25) is 0 Å². The molecular weight excluding hydrogens is 326 g/mol. The highest BCUT2D eigenvalue weighted by Gasteiger charge is 2.17. The van der Waals surface area contributed by atoms with Crippen molar-refractivity contribution in [2.75, 3.05) is 0 Å². The predicted molar refractivity (Wildman–Crippen MR) is 92.4 cm³/mol. The minimum Gasteiger partial charge on any atom is -0.345 e. The number of carbonyl (C=O) groups excluding carboxylic acids is 1. The molecule has 1 atom stereocenters. The van der Waals surface area contributed by atoms with Crippen LogP contribution in [0.3, 0.4) is 0 Å². The van der Waals surface area contributed by atoms with Gasteiger partial charge in [-0.1, -0.05) is 11.6 Å². The van der Waals surface area contributed by atoms with E-state index in [4.69, 9.17) is 11.6 Å². The Labute approximate surface area is 145 Å². The molecule has 3 aromatic rings. The molecule has 2 heterocycles. The number of aromatic nitrogens is 4. The van der Waals surface area contributed by atoms with Gasteiger partial charge >= 0.3 is 0 Å². The molecular formula is C17H18ClN5O. The fraction of sp³-hybridized carbons (Fsp3) is 0.235. The van der Waals surface area contributed by atoms with Crippen molar-refractivity contribution in [2.45, 2.75) is 19.9 Å². The van der Waals surface area contributed by atoms with E-state index < -0.39 is 0 Å². The summed E-state index contributed by atoms with van der Waals surface area (Å²) in [5.41, 5.74) is 3.36. The molecule has 7 heteroatoms. The molecule has 124 valence electrons. The smallest absolute Gasteiger partial charge is 0.254 e. The minimum atomic E-state index is -0.175. The third-order valence-corrected chi connectivity index (χ3v) is 4.28. The summed E-state index contributed by atoms with van der Waals surface area (Å²) in [6.07, 6.45) is 5.02. The zero-order valence-corrected chi connectivity index (χ0v) is 14.4. The quantitative estimate of drug-likeness (QED) is 0.791. The number of aryl methyl sites for hydroxylation is 1. The minimum absolute atomic E-state index is 0.134. The molecule has 1 aromatic carbocycles. The first-order chi connectivity index (χ1) is 11.5. The summed E-state index contributed by atoms with van der Waals surface area (Å²) in [5.74, 6) is -0.175. The number of rotatable bonds is 4. The Kier molecular flexibility index (Phi) is 4.40. The molecule has 0 saturated carbocycles. The molecule has 0 aliphatic rings. The molecule has 1 N–H and O–H groups in total. The third kappa shape index (κ3) is 3.19. The molecule has 1 amide bonds. The van der Waals surface area contributed by atoms with Gasteiger partial charge in [0.25, 0.3) is 5.91 Å². The summed E-state index contributed by atoms with van der Waals surface area (Å²) in [4.78, 5) is 12.4. The van der Waals surface area contributed by atoms with E-state index >= 15 is 0 Å². The highest BCUT2D eigenvalue weighted by atomic mass is 35.5. The first-order valence-electron chi connectivity index (χ1n) is 7.55. The number of benzene rings is 1. The monoisotopic (exact) mass is 343 g/mol. The third-order valence-electron chi connectivity index (χ3n) is 4.02. The van der Waals surface area contributed by atoms with E-state index in [0.717, 1.165) is 16.9 Å². The number of hydrogen-bond donors (Lipinski definition) is 1. The number of nitrogens with one attached hydrogen (secondary N) is 1. The van der Waals surface area contributed by atoms with Gasteiger partial charge < -0.3 is 5.32 Å². The molecule has 0 radical (unpaired) electrons. The van der Waals surface area contributed by atoms with E-state index in [1.54, 1.807) is 40.1 Å². The van der Waals surface area contributed by atoms with Gasteiger partial charge in [-0.05, 0) is 38.1 Å². The normalized spacial score (nSPS) is 12.2. The molecule has 24 heavy (non-hydrogen) atoms. The zero-order valence-electron chi connectivity index (χ0n) is 13.7. The first kappa shape index (κ1) is 16.3. The second kappa shape index (κ2) is 6.49. The zero-order chi connectivity index (χ0) is 17.3. The van der Waals surface area contributed by atoms with Crippen LogP contribution in [0.1, 0.15) is 34.6 Å². The maximum Gasteiger partial charge on any atom is 0.254 e. The molecule has 0 unspecified atom stereocenters. The van der Waals surface area contributed by atoms with Gasteiger partial charge in [0.1, 0.15) is 0 Å². The first-order valence-corrected chi connectivity index (χ1v) is 7.93. The van der Waals surface area contributed by atoms with Crippen molar-refractivity contribution in [3.05, 3.63) is 64.7 Å². The molecule has 0 aliphatic heterocycles. The van der Waals surface area contributed by atoms with Crippen molar-refractivity contribution in [1.29, 1.82) is 0 Å². The SMILES string of the molecule is Cc1c([C@@H](C)NC(=O)c2cnn(-c3ccc(Cl)cc3)c2)cnn1C. The fourth-order valence-electron chi connectivity index (χ4n) is 2.47. The van der Waals surface area contributed by atoms with Gasteiger partial charge in [0, 0.05) is 29.5 Å². The maximum atomic E-state index is 12.4. The van der Waals surface area contributed by atoms with Gasteiger partial charge in [-0.2, -0.15) is 10.2 Å². The standard InChI is InChI=1S/C17H18ClN5O/c1-11(16-9-19-22(3)12(16)2)21-17(24)13-8-20-23(10-13)15-6-4-14(18)5-7-15/h4-11H,1-3H3,(H,21,24)/t11-/m1/s1. The lowest BCUT2D eigenvalue weighted by Crippen LogP contribution is -2.26. The summed E-state index contributed by atoms with van der Waals surface area (Å²) in [7, 11) is 1.88. The number of halogens is 1. The number of amides is 1. The van der Waals surface area contributed by atoms with E-state index in [1.165, 1.54) is 0 Å². The van der Waals surface area contributed by atoms with Crippen molar-refractivity contribution >= 4 is 17.5 Å². The number of nitrogens with zero attached hydrogens (tertiary/aromatic N) is 4. The van der Waals surface area contributed by atoms with Crippen LogP contribution in [0.2, 0.25) is 5.02 Å². The highest BCUT2D eigenvalue weighted by Crippen LogP contribution is 2.17. The van der Waals surface area contributed by atoms with E-state index in [-0.39, 0.29) is 11.9 Å². The summed E-state index contributed by atoms with van der Waals surface area (Å²) in [5, 5.41) is 12.1. The average Bonchev–Trinajstić information content (AvgIpc) is 3.16. The topological polar surface area (TPSA) is 64.7 Å². The van der Waals surface area contributed by atoms with E-state index in [0.29, 0.717) is 10.6 Å². The number of carbonyl (C=O) groups is 1. The van der Waals surface area contributed by atoms with E-state index in [1.807, 2.05) is 33.0 Å². The molecule has 0 fully saturated rings. The van der Waals surface area contributed by atoms with Gasteiger partial charge in [0.05, 0.1) is 29.7 Å². The van der Waals surface area contributed by atoms with Crippen LogP contribution in [-0.4, -0.2) is 25.5 Å². The van der Waals surface area contributed by atoms with Crippen molar-refractivity contribution in [3.8, 4) is 5.69 Å². The van der Waals surface area contributed by atoms with Gasteiger partial charge in [-0.3, -0.25) is 9.48 Å². The van der Waals surface area contributed by atoms with Gasteiger partial charge in [-0.25, -0.2) is 4.68 Å². The summed E-state index contributed by atoms with van der Waals surface area (Å²) in [6.45, 7) is 3.91. The van der Waals surface area contributed by atoms with Crippen molar-refractivity contribution in [3.63, 3.8) is 0 Å². The summed E-state index contributed by atoms with van der Waals surface area (Å²) < 4.78 is 3.43. The van der Waals surface area contributed by atoms with E-state index in [2.05, 4.69) is 15.5 Å². The molecule has 6 nitrogen and oxygen atoms in total. The molecule has 2 aromatic heterocycles. The second-order valence-corrected chi connectivity index (χ2v) is 6.09. The predicted octanol–water partition coefficient (Wildman–Crippen LogP) is 3.06. The Balaban J connectivity index is 1.74. The Morgan fingerprint density at radius 1 is 1.21 bits per heavy atom. The highest BCUT2D eigenvalue weighted by molar-refractivity contribution is 6.30. The second-order valence-electron chi connectivity index (χ2n) is 5.65.